The summed E-state index contributed by atoms with van der Waals surface area (Å²) in [7, 11) is 0. The quantitative estimate of drug-likeness (QED) is 0.802. The van der Waals surface area contributed by atoms with Crippen molar-refractivity contribution in [1.29, 1.82) is 0 Å². The number of pyridine rings is 1. The first-order chi connectivity index (χ1) is 10.6. The van der Waals surface area contributed by atoms with Crippen LogP contribution in [0.1, 0.15) is 23.1 Å². The summed E-state index contributed by atoms with van der Waals surface area (Å²) < 4.78 is 1.67. The smallest absolute Gasteiger partial charge is 0.275 e. The van der Waals surface area contributed by atoms with Gasteiger partial charge in [-0.25, -0.2) is 4.98 Å². The zero-order valence-electron chi connectivity index (χ0n) is 12.3. The predicted octanol–water partition coefficient (Wildman–Crippen LogP) is 3.67. The Morgan fingerprint density at radius 2 is 2.14 bits per heavy atom. The summed E-state index contributed by atoms with van der Waals surface area (Å²) in [4.78, 5) is 16.8. The molecule has 2 heterocycles. The van der Waals surface area contributed by atoms with Gasteiger partial charge in [-0.2, -0.15) is 5.10 Å². The third-order valence-corrected chi connectivity index (χ3v) is 3.68. The van der Waals surface area contributed by atoms with Gasteiger partial charge in [0.1, 0.15) is 11.5 Å². The van der Waals surface area contributed by atoms with Gasteiger partial charge in [0.05, 0.1) is 11.2 Å². The number of carbonyl (C=O) groups is 1. The van der Waals surface area contributed by atoms with Gasteiger partial charge in [-0.05, 0) is 44.2 Å². The minimum Gasteiger partial charge on any atom is -0.305 e. The number of carbonyl (C=O) groups excluding carboxylic acids is 1. The number of rotatable bonds is 3. The van der Waals surface area contributed by atoms with Crippen LogP contribution in [0, 0.1) is 6.92 Å². The second-order valence-electron chi connectivity index (χ2n) is 4.94. The molecule has 6 heteroatoms. The van der Waals surface area contributed by atoms with E-state index in [9.17, 15) is 4.79 Å². The molecule has 1 amide bonds. The van der Waals surface area contributed by atoms with Crippen molar-refractivity contribution in [2.24, 2.45) is 0 Å². The van der Waals surface area contributed by atoms with E-state index in [1.54, 1.807) is 16.8 Å². The van der Waals surface area contributed by atoms with Crippen molar-refractivity contribution in [3.05, 3.63) is 52.8 Å². The minimum absolute atomic E-state index is 0.226. The first kappa shape index (κ1) is 14.5. The second-order valence-corrected chi connectivity index (χ2v) is 5.35. The first-order valence-corrected chi connectivity index (χ1v) is 7.37. The highest BCUT2D eigenvalue weighted by Crippen LogP contribution is 2.23. The van der Waals surface area contributed by atoms with E-state index in [-0.39, 0.29) is 5.91 Å². The highest BCUT2D eigenvalue weighted by Gasteiger charge is 2.14. The molecule has 3 aromatic rings. The number of hydrogen-bond acceptors (Lipinski definition) is 3. The van der Waals surface area contributed by atoms with E-state index < -0.39 is 0 Å². The summed E-state index contributed by atoms with van der Waals surface area (Å²) in [5, 5.41) is 8.57. The van der Waals surface area contributed by atoms with Crippen molar-refractivity contribution < 1.29 is 4.79 Å². The standard InChI is InChI=1S/C16H15ClN4O/c1-3-21-14(9-10(2)20-21)16(22)19-15-8-7-11-12(17)5-4-6-13(11)18-15/h4-9H,3H2,1-2H3,(H,18,19,22). The van der Waals surface area contributed by atoms with Crippen LogP contribution in [0.5, 0.6) is 0 Å². The number of nitrogens with zero attached hydrogens (tertiary/aromatic N) is 3. The number of amides is 1. The number of aryl methyl sites for hydroxylation is 2. The molecule has 22 heavy (non-hydrogen) atoms. The number of aromatic nitrogens is 3. The summed E-state index contributed by atoms with van der Waals surface area (Å²) in [5.74, 6) is 0.262. The Labute approximate surface area is 132 Å². The largest absolute Gasteiger partial charge is 0.305 e. The van der Waals surface area contributed by atoms with Gasteiger partial charge in [0, 0.05) is 17.0 Å². The summed E-state index contributed by atoms with van der Waals surface area (Å²) >= 11 is 6.11. The Morgan fingerprint density at radius 3 is 2.91 bits per heavy atom. The van der Waals surface area contributed by atoms with E-state index in [2.05, 4.69) is 15.4 Å². The Bertz CT molecular complexity index is 856. The Hall–Kier alpha value is -2.40. The van der Waals surface area contributed by atoms with Gasteiger partial charge >= 0.3 is 0 Å². The lowest BCUT2D eigenvalue weighted by Gasteiger charge is -2.07. The molecule has 0 atom stereocenters. The van der Waals surface area contributed by atoms with Crippen LogP contribution in [0.2, 0.25) is 5.02 Å². The monoisotopic (exact) mass is 314 g/mol. The summed E-state index contributed by atoms with van der Waals surface area (Å²) in [5.41, 5.74) is 2.07. The molecule has 1 aromatic carbocycles. The number of benzene rings is 1. The molecule has 0 aliphatic carbocycles. The first-order valence-electron chi connectivity index (χ1n) is 6.99. The predicted molar refractivity (Wildman–Crippen MR) is 87.3 cm³/mol. The number of halogens is 1. The molecule has 0 spiro atoms. The third-order valence-electron chi connectivity index (χ3n) is 3.35. The normalized spacial score (nSPS) is 10.9. The number of nitrogens with one attached hydrogen (secondary N) is 1. The fourth-order valence-electron chi connectivity index (χ4n) is 2.34. The number of hydrogen-bond donors (Lipinski definition) is 1. The second kappa shape index (κ2) is 5.77. The van der Waals surface area contributed by atoms with Crippen molar-refractivity contribution in [2.45, 2.75) is 20.4 Å². The Kier molecular flexibility index (Phi) is 3.81. The Balaban J connectivity index is 1.91. The van der Waals surface area contributed by atoms with E-state index in [1.807, 2.05) is 38.1 Å². The summed E-state index contributed by atoms with van der Waals surface area (Å²) in [6.07, 6.45) is 0. The molecule has 0 unspecified atom stereocenters. The van der Waals surface area contributed by atoms with Crippen molar-refractivity contribution in [3.8, 4) is 0 Å². The molecule has 5 nitrogen and oxygen atoms in total. The Morgan fingerprint density at radius 1 is 1.32 bits per heavy atom. The van der Waals surface area contributed by atoms with Crippen LogP contribution in [0.25, 0.3) is 10.9 Å². The molecule has 0 bridgehead atoms. The highest BCUT2D eigenvalue weighted by atomic mass is 35.5. The molecular formula is C16H15ClN4O. The van der Waals surface area contributed by atoms with Crippen LogP contribution in [-0.2, 0) is 6.54 Å². The van der Waals surface area contributed by atoms with Crippen molar-refractivity contribution >= 4 is 34.2 Å². The van der Waals surface area contributed by atoms with Gasteiger partial charge in [-0.1, -0.05) is 17.7 Å². The van der Waals surface area contributed by atoms with E-state index in [4.69, 9.17) is 11.6 Å². The molecule has 0 aliphatic rings. The number of fused-ring (bicyclic) bond motifs is 1. The van der Waals surface area contributed by atoms with E-state index in [1.165, 1.54) is 0 Å². The summed E-state index contributed by atoms with van der Waals surface area (Å²) in [6, 6.07) is 10.9. The molecule has 112 valence electrons. The van der Waals surface area contributed by atoms with Crippen LogP contribution in [-0.4, -0.2) is 20.7 Å². The lowest BCUT2D eigenvalue weighted by Crippen LogP contribution is -2.18. The van der Waals surface area contributed by atoms with E-state index >= 15 is 0 Å². The third kappa shape index (κ3) is 2.67. The van der Waals surface area contributed by atoms with E-state index in [0.29, 0.717) is 23.1 Å². The average Bonchev–Trinajstić information content (AvgIpc) is 2.88. The molecule has 1 N–H and O–H groups in total. The van der Waals surface area contributed by atoms with Gasteiger partial charge in [0.25, 0.3) is 5.91 Å². The summed E-state index contributed by atoms with van der Waals surface area (Å²) in [6.45, 7) is 4.44. The van der Waals surface area contributed by atoms with Crippen molar-refractivity contribution in [3.63, 3.8) is 0 Å². The van der Waals surface area contributed by atoms with E-state index in [0.717, 1.165) is 16.6 Å². The van der Waals surface area contributed by atoms with Crippen LogP contribution >= 0.6 is 11.6 Å². The molecule has 0 saturated carbocycles. The number of anilines is 1. The molecule has 2 aromatic heterocycles. The van der Waals surface area contributed by atoms with Gasteiger partial charge in [-0.3, -0.25) is 9.48 Å². The molecule has 0 saturated heterocycles. The molecular weight excluding hydrogens is 300 g/mol. The van der Waals surface area contributed by atoms with Crippen LogP contribution in [0.3, 0.4) is 0 Å². The SMILES string of the molecule is CCn1nc(C)cc1C(=O)Nc1ccc2c(Cl)cccc2n1. The van der Waals surface area contributed by atoms with Gasteiger partial charge < -0.3 is 5.32 Å². The lowest BCUT2D eigenvalue weighted by molar-refractivity contribution is 0.101. The fourth-order valence-corrected chi connectivity index (χ4v) is 2.57. The molecule has 3 rings (SSSR count). The van der Waals surface area contributed by atoms with Crippen LogP contribution in [0.15, 0.2) is 36.4 Å². The van der Waals surface area contributed by atoms with Crippen molar-refractivity contribution in [2.75, 3.05) is 5.32 Å². The minimum atomic E-state index is -0.226. The van der Waals surface area contributed by atoms with Gasteiger partial charge in [0.15, 0.2) is 0 Å². The maximum Gasteiger partial charge on any atom is 0.275 e. The van der Waals surface area contributed by atoms with Crippen molar-refractivity contribution in [1.82, 2.24) is 14.8 Å². The fraction of sp³-hybridized carbons (Fsp3) is 0.188. The zero-order chi connectivity index (χ0) is 15.7. The van der Waals surface area contributed by atoms with Gasteiger partial charge in [-0.15, -0.1) is 0 Å². The lowest BCUT2D eigenvalue weighted by atomic mass is 10.2. The zero-order valence-corrected chi connectivity index (χ0v) is 13.1. The van der Waals surface area contributed by atoms with Gasteiger partial charge in [0.2, 0.25) is 0 Å². The maximum absolute atomic E-state index is 12.4. The average molecular weight is 315 g/mol. The maximum atomic E-state index is 12.4. The molecule has 0 aliphatic heterocycles. The molecule has 0 fully saturated rings. The highest BCUT2D eigenvalue weighted by molar-refractivity contribution is 6.35. The van der Waals surface area contributed by atoms with Crippen LogP contribution in [0.4, 0.5) is 5.82 Å². The topological polar surface area (TPSA) is 59.8 Å². The van der Waals surface area contributed by atoms with Crippen LogP contribution < -0.4 is 5.32 Å². The molecule has 0 radical (unpaired) electrons.